The van der Waals surface area contributed by atoms with Crippen LogP contribution in [0.1, 0.15) is 0 Å². The van der Waals surface area contributed by atoms with Crippen LogP contribution in [0, 0.1) is 0 Å². The quantitative estimate of drug-likeness (QED) is 0.860. The van der Waals surface area contributed by atoms with Crippen LogP contribution in [0.4, 0.5) is 17.3 Å². The highest BCUT2D eigenvalue weighted by Gasteiger charge is 2.19. The zero-order valence-corrected chi connectivity index (χ0v) is 12.1. The van der Waals surface area contributed by atoms with Crippen molar-refractivity contribution in [3.63, 3.8) is 0 Å². The van der Waals surface area contributed by atoms with Crippen molar-refractivity contribution in [3.05, 3.63) is 36.5 Å². The van der Waals surface area contributed by atoms with E-state index < -0.39 is 0 Å². The third-order valence-corrected chi connectivity index (χ3v) is 3.62. The molecule has 1 aromatic carbocycles. The smallest absolute Gasteiger partial charge is 0.228 e. The van der Waals surface area contributed by atoms with E-state index in [2.05, 4.69) is 25.8 Å². The lowest BCUT2D eigenvalue weighted by molar-refractivity contribution is 0.396. The summed E-state index contributed by atoms with van der Waals surface area (Å²) in [6, 6.07) is 9.75. The van der Waals surface area contributed by atoms with Crippen molar-refractivity contribution in [1.82, 2.24) is 9.97 Å². The van der Waals surface area contributed by atoms with Crippen LogP contribution in [0.25, 0.3) is 0 Å². The first-order valence-corrected chi connectivity index (χ1v) is 6.99. The second-order valence-electron chi connectivity index (χ2n) is 4.97. The molecule has 6 nitrogen and oxygen atoms in total. The Morgan fingerprint density at radius 2 is 1.86 bits per heavy atom. The van der Waals surface area contributed by atoms with E-state index in [-0.39, 0.29) is 0 Å². The first-order chi connectivity index (χ1) is 10.3. The van der Waals surface area contributed by atoms with Gasteiger partial charge in [-0.25, -0.2) is 4.98 Å². The summed E-state index contributed by atoms with van der Waals surface area (Å²) in [7, 11) is 1.61. The molecule has 1 aliphatic rings. The van der Waals surface area contributed by atoms with Gasteiger partial charge in [-0.2, -0.15) is 4.98 Å². The van der Waals surface area contributed by atoms with E-state index in [4.69, 9.17) is 10.5 Å². The van der Waals surface area contributed by atoms with Crippen molar-refractivity contribution in [3.8, 4) is 5.88 Å². The number of hydrogen-bond donors (Lipinski definition) is 1. The van der Waals surface area contributed by atoms with E-state index in [1.165, 1.54) is 5.69 Å². The van der Waals surface area contributed by atoms with Gasteiger partial charge in [0, 0.05) is 49.8 Å². The van der Waals surface area contributed by atoms with Gasteiger partial charge in [-0.1, -0.05) is 6.07 Å². The van der Waals surface area contributed by atoms with Crippen molar-refractivity contribution >= 4 is 17.3 Å². The molecule has 110 valence electrons. The third kappa shape index (κ3) is 2.99. The SMILES string of the molecule is COc1ccnc(N2CCN(c3cccc(N)c3)CC2)n1. The molecule has 0 atom stereocenters. The Bertz CT molecular complexity index is 611. The maximum atomic E-state index is 5.84. The van der Waals surface area contributed by atoms with E-state index in [1.54, 1.807) is 19.4 Å². The number of anilines is 3. The molecule has 2 heterocycles. The van der Waals surface area contributed by atoms with Gasteiger partial charge in [0.05, 0.1) is 7.11 Å². The maximum absolute atomic E-state index is 5.84. The molecular weight excluding hydrogens is 266 g/mol. The molecule has 0 unspecified atom stereocenters. The molecule has 0 radical (unpaired) electrons. The van der Waals surface area contributed by atoms with Gasteiger partial charge in [0.1, 0.15) is 0 Å². The molecule has 0 amide bonds. The number of nitrogen functional groups attached to an aromatic ring is 1. The van der Waals surface area contributed by atoms with E-state index in [1.807, 2.05) is 18.2 Å². The van der Waals surface area contributed by atoms with Crippen LogP contribution >= 0.6 is 0 Å². The lowest BCUT2D eigenvalue weighted by Crippen LogP contribution is -2.47. The molecule has 0 spiro atoms. The van der Waals surface area contributed by atoms with Crippen molar-refractivity contribution < 1.29 is 4.74 Å². The Hall–Kier alpha value is -2.50. The minimum atomic E-state index is 0.596. The highest BCUT2D eigenvalue weighted by molar-refractivity contribution is 5.56. The second-order valence-corrected chi connectivity index (χ2v) is 4.97. The monoisotopic (exact) mass is 285 g/mol. The van der Waals surface area contributed by atoms with Gasteiger partial charge in [0.2, 0.25) is 11.8 Å². The molecule has 3 rings (SSSR count). The first kappa shape index (κ1) is 13.5. The summed E-state index contributed by atoms with van der Waals surface area (Å²) < 4.78 is 5.15. The van der Waals surface area contributed by atoms with Crippen molar-refractivity contribution in [2.75, 3.05) is 48.8 Å². The van der Waals surface area contributed by atoms with Gasteiger partial charge < -0.3 is 20.3 Å². The minimum Gasteiger partial charge on any atom is -0.481 e. The first-order valence-electron chi connectivity index (χ1n) is 6.99. The number of benzene rings is 1. The van der Waals surface area contributed by atoms with Gasteiger partial charge in [-0.15, -0.1) is 0 Å². The van der Waals surface area contributed by atoms with E-state index in [9.17, 15) is 0 Å². The fraction of sp³-hybridized carbons (Fsp3) is 0.333. The molecule has 2 aromatic rings. The number of methoxy groups -OCH3 is 1. The van der Waals surface area contributed by atoms with Crippen LogP contribution in [0.15, 0.2) is 36.5 Å². The molecule has 1 aromatic heterocycles. The van der Waals surface area contributed by atoms with Gasteiger partial charge in [0.15, 0.2) is 0 Å². The molecule has 6 heteroatoms. The minimum absolute atomic E-state index is 0.596. The van der Waals surface area contributed by atoms with Crippen LogP contribution in [0.5, 0.6) is 5.88 Å². The highest BCUT2D eigenvalue weighted by Crippen LogP contribution is 2.21. The number of nitrogens with two attached hydrogens (primary N) is 1. The number of piperazine rings is 1. The number of rotatable bonds is 3. The van der Waals surface area contributed by atoms with Crippen molar-refractivity contribution in [1.29, 1.82) is 0 Å². The van der Waals surface area contributed by atoms with Crippen molar-refractivity contribution in [2.24, 2.45) is 0 Å². The maximum Gasteiger partial charge on any atom is 0.228 e. The third-order valence-electron chi connectivity index (χ3n) is 3.62. The van der Waals surface area contributed by atoms with E-state index in [0.717, 1.165) is 37.8 Å². The molecule has 21 heavy (non-hydrogen) atoms. The lowest BCUT2D eigenvalue weighted by atomic mass is 10.2. The number of ether oxygens (including phenoxy) is 1. The summed E-state index contributed by atoms with van der Waals surface area (Å²) >= 11 is 0. The Labute approximate surface area is 124 Å². The Morgan fingerprint density at radius 3 is 2.57 bits per heavy atom. The summed E-state index contributed by atoms with van der Waals surface area (Å²) in [6.07, 6.45) is 1.73. The zero-order chi connectivity index (χ0) is 14.7. The standard InChI is InChI=1S/C15H19N5O/c1-21-14-5-6-17-15(18-14)20-9-7-19(8-10-20)13-4-2-3-12(16)11-13/h2-6,11H,7-10,16H2,1H3. The molecular formula is C15H19N5O. The van der Waals surface area contributed by atoms with Crippen LogP contribution in [-0.4, -0.2) is 43.3 Å². The predicted octanol–water partition coefficient (Wildman–Crippen LogP) is 1.39. The Kier molecular flexibility index (Phi) is 3.77. The number of aromatic nitrogens is 2. The lowest BCUT2D eigenvalue weighted by Gasteiger charge is -2.36. The fourth-order valence-electron chi connectivity index (χ4n) is 2.48. The van der Waals surface area contributed by atoms with E-state index in [0.29, 0.717) is 5.88 Å². The van der Waals surface area contributed by atoms with E-state index >= 15 is 0 Å². The molecule has 0 aliphatic carbocycles. The number of nitrogens with zero attached hydrogens (tertiary/aromatic N) is 4. The molecule has 0 bridgehead atoms. The van der Waals surface area contributed by atoms with Gasteiger partial charge in [-0.3, -0.25) is 0 Å². The van der Waals surface area contributed by atoms with Crippen LogP contribution in [0.3, 0.4) is 0 Å². The molecule has 1 saturated heterocycles. The topological polar surface area (TPSA) is 67.5 Å². The molecule has 1 aliphatic heterocycles. The normalized spacial score (nSPS) is 15.1. The summed E-state index contributed by atoms with van der Waals surface area (Å²) in [5.41, 5.74) is 7.81. The zero-order valence-electron chi connectivity index (χ0n) is 12.1. The van der Waals surface area contributed by atoms with Gasteiger partial charge >= 0.3 is 0 Å². The summed E-state index contributed by atoms with van der Waals surface area (Å²) in [5, 5.41) is 0. The van der Waals surface area contributed by atoms with Gasteiger partial charge in [0.25, 0.3) is 0 Å². The van der Waals surface area contributed by atoms with Crippen LogP contribution in [0.2, 0.25) is 0 Å². The molecule has 1 fully saturated rings. The van der Waals surface area contributed by atoms with Crippen molar-refractivity contribution in [2.45, 2.75) is 0 Å². The average molecular weight is 285 g/mol. The Balaban J connectivity index is 1.67. The summed E-state index contributed by atoms with van der Waals surface area (Å²) in [4.78, 5) is 13.2. The van der Waals surface area contributed by atoms with Crippen LogP contribution < -0.4 is 20.3 Å². The van der Waals surface area contributed by atoms with Gasteiger partial charge in [-0.05, 0) is 18.2 Å². The fourth-order valence-corrected chi connectivity index (χ4v) is 2.48. The summed E-state index contributed by atoms with van der Waals surface area (Å²) in [5.74, 6) is 1.32. The molecule has 0 saturated carbocycles. The second kappa shape index (κ2) is 5.87. The largest absolute Gasteiger partial charge is 0.481 e. The summed E-state index contributed by atoms with van der Waals surface area (Å²) in [6.45, 7) is 3.60. The Morgan fingerprint density at radius 1 is 1.10 bits per heavy atom. The molecule has 2 N–H and O–H groups in total. The average Bonchev–Trinajstić information content (AvgIpc) is 2.55. The highest BCUT2D eigenvalue weighted by atomic mass is 16.5. The predicted molar refractivity (Wildman–Crippen MR) is 83.9 cm³/mol. The number of hydrogen-bond acceptors (Lipinski definition) is 6. The van der Waals surface area contributed by atoms with Crippen LogP contribution in [-0.2, 0) is 0 Å².